The van der Waals surface area contributed by atoms with Crippen molar-refractivity contribution >= 4 is 11.8 Å². The van der Waals surface area contributed by atoms with E-state index >= 15 is 0 Å². The molecule has 7 heteroatoms. The van der Waals surface area contributed by atoms with Gasteiger partial charge < -0.3 is 24.8 Å². The largest absolute Gasteiger partial charge is 0.383 e. The Kier molecular flexibility index (Phi) is 8.36. The summed E-state index contributed by atoms with van der Waals surface area (Å²) in [5.41, 5.74) is 0. The maximum absolute atomic E-state index is 5.20. The fraction of sp³-hybridized carbons (Fsp3) is 0.714. The summed E-state index contributed by atoms with van der Waals surface area (Å²) < 4.78 is 5.20. The normalized spacial score (nSPS) is 19.9. The molecular formula is C21H36N6O. The molecule has 0 bridgehead atoms. The number of nitrogens with zero attached hydrogens (tertiary/aromatic N) is 5. The first-order chi connectivity index (χ1) is 13.8. The first-order valence-corrected chi connectivity index (χ1v) is 10.7. The molecule has 2 fully saturated rings. The third-order valence-corrected chi connectivity index (χ3v) is 5.71. The van der Waals surface area contributed by atoms with E-state index < -0.39 is 0 Å². The molecule has 0 radical (unpaired) electrons. The van der Waals surface area contributed by atoms with Gasteiger partial charge in [0.25, 0.3) is 0 Å². The highest BCUT2D eigenvalue weighted by molar-refractivity contribution is 5.80. The number of pyridine rings is 1. The smallest absolute Gasteiger partial charge is 0.194 e. The van der Waals surface area contributed by atoms with Crippen molar-refractivity contribution in [3.05, 3.63) is 24.4 Å². The van der Waals surface area contributed by atoms with E-state index in [-0.39, 0.29) is 0 Å². The van der Waals surface area contributed by atoms with E-state index in [1.54, 1.807) is 7.11 Å². The highest BCUT2D eigenvalue weighted by Crippen LogP contribution is 2.18. The van der Waals surface area contributed by atoms with E-state index in [0.29, 0.717) is 5.92 Å². The van der Waals surface area contributed by atoms with Crippen LogP contribution < -0.4 is 10.2 Å². The number of methoxy groups -OCH3 is 1. The Balaban J connectivity index is 1.47. The van der Waals surface area contributed by atoms with Gasteiger partial charge in [-0.15, -0.1) is 0 Å². The molecule has 0 spiro atoms. The lowest BCUT2D eigenvalue weighted by molar-refractivity contribution is 0.121. The molecule has 28 heavy (non-hydrogen) atoms. The highest BCUT2D eigenvalue weighted by Gasteiger charge is 2.22. The van der Waals surface area contributed by atoms with Crippen LogP contribution in [0.3, 0.4) is 0 Å². The van der Waals surface area contributed by atoms with Gasteiger partial charge in [0.2, 0.25) is 0 Å². The van der Waals surface area contributed by atoms with Crippen LogP contribution in [0.2, 0.25) is 0 Å². The molecule has 0 atom stereocenters. The molecule has 7 nitrogen and oxygen atoms in total. The number of piperazine rings is 1. The first-order valence-electron chi connectivity index (χ1n) is 10.7. The monoisotopic (exact) mass is 388 g/mol. The molecule has 2 aliphatic rings. The van der Waals surface area contributed by atoms with Crippen molar-refractivity contribution in [3.8, 4) is 0 Å². The predicted octanol–water partition coefficient (Wildman–Crippen LogP) is 1.53. The molecule has 156 valence electrons. The number of ether oxygens (including phenoxy) is 1. The van der Waals surface area contributed by atoms with Crippen molar-refractivity contribution < 1.29 is 4.74 Å². The van der Waals surface area contributed by atoms with Gasteiger partial charge in [-0.25, -0.2) is 4.98 Å². The molecule has 0 amide bonds. The average Bonchev–Trinajstić information content (AvgIpc) is 2.77. The van der Waals surface area contributed by atoms with Crippen LogP contribution >= 0.6 is 0 Å². The highest BCUT2D eigenvalue weighted by atomic mass is 16.5. The van der Waals surface area contributed by atoms with Crippen molar-refractivity contribution in [1.29, 1.82) is 0 Å². The van der Waals surface area contributed by atoms with Crippen LogP contribution in [0.1, 0.15) is 19.8 Å². The zero-order valence-corrected chi connectivity index (χ0v) is 17.5. The summed E-state index contributed by atoms with van der Waals surface area (Å²) in [5.74, 6) is 2.84. The summed E-state index contributed by atoms with van der Waals surface area (Å²) in [6.07, 6.45) is 4.34. The summed E-state index contributed by atoms with van der Waals surface area (Å²) >= 11 is 0. The second kappa shape index (κ2) is 11.2. The van der Waals surface area contributed by atoms with E-state index in [4.69, 9.17) is 9.73 Å². The Hall–Kier alpha value is -1.86. The SMILES string of the molecule is CCNC(=NCC1CCN(CCOC)CC1)N1CCN(c2ccccn2)CC1. The summed E-state index contributed by atoms with van der Waals surface area (Å²) in [6, 6.07) is 6.12. The lowest BCUT2D eigenvalue weighted by Gasteiger charge is -2.37. The molecule has 1 aromatic rings. The average molecular weight is 389 g/mol. The van der Waals surface area contributed by atoms with Crippen LogP contribution in [0, 0.1) is 5.92 Å². The lowest BCUT2D eigenvalue weighted by atomic mass is 9.97. The van der Waals surface area contributed by atoms with Crippen LogP contribution in [0.5, 0.6) is 0 Å². The molecule has 3 heterocycles. The minimum absolute atomic E-state index is 0.697. The molecule has 2 saturated heterocycles. The third-order valence-electron chi connectivity index (χ3n) is 5.71. The quantitative estimate of drug-likeness (QED) is 0.565. The number of hydrogen-bond acceptors (Lipinski definition) is 5. The number of guanidine groups is 1. The van der Waals surface area contributed by atoms with Gasteiger partial charge in [-0.2, -0.15) is 0 Å². The van der Waals surface area contributed by atoms with Crippen LogP contribution in [-0.2, 0) is 4.74 Å². The molecule has 0 aromatic carbocycles. The van der Waals surface area contributed by atoms with Crippen molar-refractivity contribution in [1.82, 2.24) is 20.1 Å². The summed E-state index contributed by atoms with van der Waals surface area (Å²) in [6.45, 7) is 12.1. The number of anilines is 1. The zero-order chi connectivity index (χ0) is 19.6. The van der Waals surface area contributed by atoms with Crippen molar-refractivity contribution in [2.24, 2.45) is 10.9 Å². The molecule has 1 N–H and O–H groups in total. The Morgan fingerprint density at radius 2 is 1.96 bits per heavy atom. The number of aromatic nitrogens is 1. The summed E-state index contributed by atoms with van der Waals surface area (Å²) in [7, 11) is 1.78. The number of nitrogens with one attached hydrogen (secondary N) is 1. The van der Waals surface area contributed by atoms with Crippen molar-refractivity contribution in [2.45, 2.75) is 19.8 Å². The molecule has 0 saturated carbocycles. The Labute approximate surface area is 169 Å². The first kappa shape index (κ1) is 20.9. The fourth-order valence-corrected chi connectivity index (χ4v) is 3.94. The maximum atomic E-state index is 5.20. The summed E-state index contributed by atoms with van der Waals surface area (Å²) in [4.78, 5) is 16.7. The standard InChI is InChI=1S/C21H36N6O/c1-3-22-21(24-18-19-7-10-25(11-8-19)16-17-28-2)27-14-12-26(13-15-27)20-6-4-5-9-23-20/h4-6,9,19H,3,7-8,10-18H2,1-2H3,(H,22,24). The molecule has 1 aromatic heterocycles. The number of rotatable bonds is 7. The fourth-order valence-electron chi connectivity index (χ4n) is 3.94. The van der Waals surface area contributed by atoms with Gasteiger partial charge in [0, 0.05) is 59.1 Å². The van der Waals surface area contributed by atoms with Crippen molar-refractivity contribution in [2.75, 3.05) is 77.5 Å². The second-order valence-electron chi connectivity index (χ2n) is 7.63. The van der Waals surface area contributed by atoms with Crippen LogP contribution in [0.15, 0.2) is 29.4 Å². The molecule has 0 unspecified atom stereocenters. The molecule has 0 aliphatic carbocycles. The minimum atomic E-state index is 0.697. The Morgan fingerprint density at radius 3 is 2.61 bits per heavy atom. The van der Waals surface area contributed by atoms with Gasteiger partial charge in [-0.05, 0) is 50.9 Å². The summed E-state index contributed by atoms with van der Waals surface area (Å²) in [5, 5.41) is 3.50. The second-order valence-corrected chi connectivity index (χ2v) is 7.63. The van der Waals surface area contributed by atoms with E-state index in [1.165, 1.54) is 25.9 Å². The van der Waals surface area contributed by atoms with Crippen LogP contribution in [0.4, 0.5) is 5.82 Å². The topological polar surface area (TPSA) is 56.2 Å². The number of piperidine rings is 1. The third kappa shape index (κ3) is 6.07. The van der Waals surface area contributed by atoms with E-state index in [9.17, 15) is 0 Å². The minimum Gasteiger partial charge on any atom is -0.383 e. The van der Waals surface area contributed by atoms with E-state index in [2.05, 4.69) is 44.1 Å². The van der Waals surface area contributed by atoms with Gasteiger partial charge in [-0.3, -0.25) is 4.99 Å². The van der Waals surface area contributed by atoms with Gasteiger partial charge in [0.15, 0.2) is 5.96 Å². The maximum Gasteiger partial charge on any atom is 0.194 e. The zero-order valence-electron chi connectivity index (χ0n) is 17.5. The van der Waals surface area contributed by atoms with Gasteiger partial charge in [-0.1, -0.05) is 6.07 Å². The van der Waals surface area contributed by atoms with E-state index in [0.717, 1.165) is 64.2 Å². The van der Waals surface area contributed by atoms with Gasteiger partial charge >= 0.3 is 0 Å². The number of hydrogen-bond donors (Lipinski definition) is 1. The Bertz CT molecular complexity index is 580. The molecule has 3 rings (SSSR count). The van der Waals surface area contributed by atoms with Crippen LogP contribution in [0.25, 0.3) is 0 Å². The van der Waals surface area contributed by atoms with E-state index in [1.807, 2.05) is 12.3 Å². The number of aliphatic imine (C=N–C) groups is 1. The van der Waals surface area contributed by atoms with Gasteiger partial charge in [0.05, 0.1) is 6.61 Å². The molecular weight excluding hydrogens is 352 g/mol. The van der Waals surface area contributed by atoms with Crippen molar-refractivity contribution in [3.63, 3.8) is 0 Å². The Morgan fingerprint density at radius 1 is 1.18 bits per heavy atom. The molecule has 2 aliphatic heterocycles. The predicted molar refractivity (Wildman–Crippen MR) is 115 cm³/mol. The van der Waals surface area contributed by atoms with Crippen LogP contribution in [-0.4, -0.2) is 93.4 Å². The van der Waals surface area contributed by atoms with Gasteiger partial charge in [0.1, 0.15) is 5.82 Å². The lowest BCUT2D eigenvalue weighted by Crippen LogP contribution is -2.53. The number of likely N-dealkylation sites (tertiary alicyclic amines) is 1.